The Kier molecular flexibility index (Phi) is 3.15. The molecule has 0 aromatic carbocycles. The number of carbonyl (C=O) groups excluding carboxylic acids is 2. The van der Waals surface area contributed by atoms with Gasteiger partial charge < -0.3 is 14.5 Å². The highest BCUT2D eigenvalue weighted by molar-refractivity contribution is 5.90. The molecule has 1 fully saturated rings. The predicted molar refractivity (Wildman–Crippen MR) is 63.8 cm³/mol. The average Bonchev–Trinajstić information content (AvgIpc) is 2.94. The molecule has 2 atom stereocenters. The minimum atomic E-state index is -0.998. The van der Waals surface area contributed by atoms with Crippen LogP contribution in [0.1, 0.15) is 31.9 Å². The molecule has 1 aromatic heterocycles. The molecule has 5 heteroatoms. The van der Waals surface area contributed by atoms with Gasteiger partial charge in [-0.3, -0.25) is 4.79 Å². The number of nitrogens with one attached hydrogen (secondary N) is 1. The van der Waals surface area contributed by atoms with Crippen LogP contribution in [-0.4, -0.2) is 24.5 Å². The van der Waals surface area contributed by atoms with Crippen molar-refractivity contribution in [3.05, 3.63) is 24.2 Å². The van der Waals surface area contributed by atoms with E-state index in [2.05, 4.69) is 10.1 Å². The molecule has 0 aliphatic heterocycles. The van der Waals surface area contributed by atoms with Gasteiger partial charge in [-0.2, -0.15) is 0 Å². The van der Waals surface area contributed by atoms with Gasteiger partial charge in [0.05, 0.1) is 13.4 Å². The van der Waals surface area contributed by atoms with Gasteiger partial charge >= 0.3 is 5.97 Å². The zero-order valence-electron chi connectivity index (χ0n) is 10.7. The molecule has 0 unspecified atom stereocenters. The molecule has 1 N–H and O–H groups in total. The zero-order chi connectivity index (χ0) is 13.3. The van der Waals surface area contributed by atoms with E-state index in [1.54, 1.807) is 26.2 Å². The van der Waals surface area contributed by atoms with Crippen molar-refractivity contribution in [2.45, 2.75) is 31.7 Å². The summed E-state index contributed by atoms with van der Waals surface area (Å²) in [6.07, 6.45) is 2.36. The summed E-state index contributed by atoms with van der Waals surface area (Å²) in [5.74, 6) is 0.261. The van der Waals surface area contributed by atoms with E-state index < -0.39 is 11.5 Å². The molecule has 0 radical (unpaired) electrons. The predicted octanol–water partition coefficient (Wildman–Crippen LogP) is 1.45. The third-order valence-corrected chi connectivity index (χ3v) is 3.17. The zero-order valence-corrected chi connectivity index (χ0v) is 10.7. The summed E-state index contributed by atoms with van der Waals surface area (Å²) in [5, 5.41) is 2.71. The normalized spacial score (nSPS) is 22.4. The van der Waals surface area contributed by atoms with Gasteiger partial charge in [-0.25, -0.2) is 4.79 Å². The van der Waals surface area contributed by atoms with E-state index in [1.165, 1.54) is 7.11 Å². The standard InChI is InChI=1S/C13H17NO4/c1-13(2,12(16)17-3)14-11(15)9-7-8(9)10-5-4-6-18-10/h4-6,8-9H,7H2,1-3H3,(H,14,15)/t8-,9+/m1/s1. The van der Waals surface area contributed by atoms with Crippen LogP contribution in [0.25, 0.3) is 0 Å². The fraction of sp³-hybridized carbons (Fsp3) is 0.538. The Bertz CT molecular complexity index is 450. The smallest absolute Gasteiger partial charge is 0.330 e. The van der Waals surface area contributed by atoms with E-state index in [0.29, 0.717) is 0 Å². The molecular formula is C13H17NO4. The number of carbonyl (C=O) groups is 2. The Hall–Kier alpha value is -1.78. The van der Waals surface area contributed by atoms with Crippen LogP contribution in [0.4, 0.5) is 0 Å². The summed E-state index contributed by atoms with van der Waals surface area (Å²) in [6, 6.07) is 3.67. The van der Waals surface area contributed by atoms with Gasteiger partial charge in [0.25, 0.3) is 0 Å². The Morgan fingerprint density at radius 3 is 2.78 bits per heavy atom. The molecule has 98 valence electrons. The summed E-state index contributed by atoms with van der Waals surface area (Å²) in [4.78, 5) is 23.5. The summed E-state index contributed by atoms with van der Waals surface area (Å²) in [6.45, 7) is 3.25. The van der Waals surface area contributed by atoms with Crippen molar-refractivity contribution < 1.29 is 18.7 Å². The molecule has 1 saturated carbocycles. The Labute approximate surface area is 105 Å². The second-order valence-corrected chi connectivity index (χ2v) is 5.07. The Morgan fingerprint density at radius 2 is 2.22 bits per heavy atom. The fourth-order valence-corrected chi connectivity index (χ4v) is 2.01. The summed E-state index contributed by atoms with van der Waals surface area (Å²) in [5.41, 5.74) is -0.998. The molecule has 18 heavy (non-hydrogen) atoms. The number of amides is 1. The maximum atomic E-state index is 12.0. The van der Waals surface area contributed by atoms with Gasteiger partial charge in [0.15, 0.2) is 0 Å². The molecule has 0 saturated heterocycles. The van der Waals surface area contributed by atoms with E-state index >= 15 is 0 Å². The Balaban J connectivity index is 1.93. The van der Waals surface area contributed by atoms with Gasteiger partial charge in [-0.05, 0) is 32.4 Å². The minimum Gasteiger partial charge on any atom is -0.469 e. The van der Waals surface area contributed by atoms with Crippen molar-refractivity contribution in [1.29, 1.82) is 0 Å². The van der Waals surface area contributed by atoms with E-state index in [9.17, 15) is 9.59 Å². The maximum Gasteiger partial charge on any atom is 0.330 e. The number of methoxy groups -OCH3 is 1. The topological polar surface area (TPSA) is 68.5 Å². The van der Waals surface area contributed by atoms with Gasteiger partial charge in [0, 0.05) is 11.8 Å². The van der Waals surface area contributed by atoms with E-state index in [1.807, 2.05) is 6.07 Å². The van der Waals surface area contributed by atoms with Crippen molar-refractivity contribution in [3.8, 4) is 0 Å². The van der Waals surface area contributed by atoms with Crippen LogP contribution >= 0.6 is 0 Å². The van der Waals surface area contributed by atoms with Crippen molar-refractivity contribution in [3.63, 3.8) is 0 Å². The number of ether oxygens (including phenoxy) is 1. The molecule has 1 aliphatic carbocycles. The largest absolute Gasteiger partial charge is 0.469 e. The van der Waals surface area contributed by atoms with Crippen molar-refractivity contribution >= 4 is 11.9 Å². The average molecular weight is 251 g/mol. The van der Waals surface area contributed by atoms with Crippen LogP contribution in [0, 0.1) is 5.92 Å². The van der Waals surface area contributed by atoms with Crippen molar-refractivity contribution in [2.75, 3.05) is 7.11 Å². The molecule has 0 bridgehead atoms. The van der Waals surface area contributed by atoms with Gasteiger partial charge in [0.2, 0.25) is 5.91 Å². The van der Waals surface area contributed by atoms with E-state index in [4.69, 9.17) is 4.42 Å². The van der Waals surface area contributed by atoms with Crippen LogP contribution < -0.4 is 5.32 Å². The number of esters is 1. The van der Waals surface area contributed by atoms with Crippen LogP contribution in [0.5, 0.6) is 0 Å². The van der Waals surface area contributed by atoms with Crippen LogP contribution in [0.15, 0.2) is 22.8 Å². The summed E-state index contributed by atoms with van der Waals surface area (Å²) in [7, 11) is 1.30. The first kappa shape index (κ1) is 12.7. The lowest BCUT2D eigenvalue weighted by Crippen LogP contribution is -2.51. The lowest BCUT2D eigenvalue weighted by molar-refractivity contribution is -0.149. The van der Waals surface area contributed by atoms with Crippen molar-refractivity contribution in [2.24, 2.45) is 5.92 Å². The van der Waals surface area contributed by atoms with Gasteiger partial charge in [0.1, 0.15) is 11.3 Å². The maximum absolute atomic E-state index is 12.0. The molecule has 5 nitrogen and oxygen atoms in total. The third-order valence-electron chi connectivity index (χ3n) is 3.17. The highest BCUT2D eigenvalue weighted by Gasteiger charge is 2.47. The third kappa shape index (κ3) is 2.39. The van der Waals surface area contributed by atoms with Crippen LogP contribution in [0.2, 0.25) is 0 Å². The van der Waals surface area contributed by atoms with Crippen molar-refractivity contribution in [1.82, 2.24) is 5.32 Å². The Morgan fingerprint density at radius 1 is 1.50 bits per heavy atom. The fourth-order valence-electron chi connectivity index (χ4n) is 2.01. The molecule has 1 aliphatic rings. The number of rotatable bonds is 4. The summed E-state index contributed by atoms with van der Waals surface area (Å²) >= 11 is 0. The highest BCUT2D eigenvalue weighted by Crippen LogP contribution is 2.47. The first-order valence-corrected chi connectivity index (χ1v) is 5.89. The minimum absolute atomic E-state index is 0.111. The SMILES string of the molecule is COC(=O)C(C)(C)NC(=O)[C@H]1C[C@H]1c1ccco1. The van der Waals surface area contributed by atoms with Gasteiger partial charge in [-0.15, -0.1) is 0 Å². The summed E-state index contributed by atoms with van der Waals surface area (Å²) < 4.78 is 9.91. The number of hydrogen-bond donors (Lipinski definition) is 1. The molecule has 1 aromatic rings. The van der Waals surface area contributed by atoms with Crippen LogP contribution in [-0.2, 0) is 14.3 Å². The molecule has 1 heterocycles. The molecule has 2 rings (SSSR count). The van der Waals surface area contributed by atoms with Crippen LogP contribution in [0.3, 0.4) is 0 Å². The number of hydrogen-bond acceptors (Lipinski definition) is 4. The monoisotopic (exact) mass is 251 g/mol. The second kappa shape index (κ2) is 4.48. The molecule has 1 amide bonds. The lowest BCUT2D eigenvalue weighted by Gasteiger charge is -2.23. The second-order valence-electron chi connectivity index (χ2n) is 5.07. The quantitative estimate of drug-likeness (QED) is 0.822. The van der Waals surface area contributed by atoms with E-state index in [0.717, 1.165) is 12.2 Å². The highest BCUT2D eigenvalue weighted by atomic mass is 16.5. The first-order chi connectivity index (χ1) is 8.45. The van der Waals surface area contributed by atoms with Gasteiger partial charge in [-0.1, -0.05) is 0 Å². The molecular weight excluding hydrogens is 234 g/mol. The van der Waals surface area contributed by atoms with E-state index in [-0.39, 0.29) is 17.7 Å². The lowest BCUT2D eigenvalue weighted by atomic mass is 10.1. The molecule has 0 spiro atoms. The number of furan rings is 1. The first-order valence-electron chi connectivity index (χ1n) is 5.89.